The lowest BCUT2D eigenvalue weighted by Gasteiger charge is -2.23. The van der Waals surface area contributed by atoms with E-state index in [0.29, 0.717) is 17.3 Å². The van der Waals surface area contributed by atoms with Crippen LogP contribution in [0.4, 0.5) is 4.79 Å². The Balaban J connectivity index is 1.53. The van der Waals surface area contributed by atoms with Crippen molar-refractivity contribution < 1.29 is 19.1 Å². The first-order chi connectivity index (χ1) is 19.2. The van der Waals surface area contributed by atoms with E-state index in [1.165, 1.54) is 11.3 Å². The van der Waals surface area contributed by atoms with Crippen LogP contribution >= 0.6 is 22.9 Å². The largest absolute Gasteiger partial charge is 0.496 e. The fourth-order valence-electron chi connectivity index (χ4n) is 5.34. The van der Waals surface area contributed by atoms with E-state index in [2.05, 4.69) is 24.3 Å². The number of nitrogens with zero attached hydrogens (tertiary/aromatic N) is 1. The quantitative estimate of drug-likeness (QED) is 0.197. The zero-order valence-electron chi connectivity index (χ0n) is 23.3. The van der Waals surface area contributed by atoms with Gasteiger partial charge in [0.2, 0.25) is 0 Å². The highest BCUT2D eigenvalue weighted by molar-refractivity contribution is 7.16. The first-order valence-electron chi connectivity index (χ1n) is 13.3. The van der Waals surface area contributed by atoms with Gasteiger partial charge in [-0.15, -0.1) is 11.3 Å². The molecule has 3 aromatic carbocycles. The number of hydrogen-bond donors (Lipinski definition) is 0. The van der Waals surface area contributed by atoms with Crippen molar-refractivity contribution in [3.63, 3.8) is 0 Å². The monoisotopic (exact) mass is 573 g/mol. The van der Waals surface area contributed by atoms with Crippen LogP contribution in [-0.4, -0.2) is 29.9 Å². The van der Waals surface area contributed by atoms with E-state index in [-0.39, 0.29) is 24.0 Å². The first-order valence-corrected chi connectivity index (χ1v) is 14.5. The maximum absolute atomic E-state index is 13.0. The third-order valence-corrected chi connectivity index (χ3v) is 8.83. The van der Waals surface area contributed by atoms with E-state index >= 15 is 0 Å². The van der Waals surface area contributed by atoms with Crippen LogP contribution in [0.1, 0.15) is 58.3 Å². The molecular weight excluding hydrogens is 542 g/mol. The van der Waals surface area contributed by atoms with Gasteiger partial charge in [-0.25, -0.2) is 4.79 Å². The second-order valence-corrected chi connectivity index (χ2v) is 11.9. The van der Waals surface area contributed by atoms with Gasteiger partial charge in [-0.3, -0.25) is 9.69 Å². The van der Waals surface area contributed by atoms with Crippen molar-refractivity contribution in [1.82, 2.24) is 4.90 Å². The van der Waals surface area contributed by atoms with Crippen molar-refractivity contribution in [2.45, 2.75) is 52.8 Å². The van der Waals surface area contributed by atoms with Crippen LogP contribution < -0.4 is 4.74 Å². The lowest BCUT2D eigenvalue weighted by atomic mass is 9.91. The molecule has 1 fully saturated rings. The summed E-state index contributed by atoms with van der Waals surface area (Å²) in [6.07, 6.45) is -0.221. The minimum atomic E-state index is -0.360. The molecule has 1 aliphatic heterocycles. The molecule has 0 aliphatic carbocycles. The molecule has 5 nitrogen and oxygen atoms in total. The molecule has 2 heterocycles. The molecule has 0 bridgehead atoms. The maximum Gasteiger partial charge on any atom is 0.411 e. The highest BCUT2D eigenvalue weighted by atomic mass is 35.5. The van der Waals surface area contributed by atoms with Gasteiger partial charge >= 0.3 is 6.09 Å². The summed E-state index contributed by atoms with van der Waals surface area (Å²) in [6.45, 7) is 8.36. The highest BCUT2D eigenvalue weighted by Gasteiger charge is 2.40. The van der Waals surface area contributed by atoms with Gasteiger partial charge in [-0.1, -0.05) is 60.5 Å². The number of hydrogen-bond acceptors (Lipinski definition) is 5. The molecule has 5 rings (SSSR count). The summed E-state index contributed by atoms with van der Waals surface area (Å²) >= 11 is 7.59. The van der Waals surface area contributed by atoms with Crippen molar-refractivity contribution in [2.24, 2.45) is 0 Å². The Morgan fingerprint density at radius 3 is 2.45 bits per heavy atom. The zero-order chi connectivity index (χ0) is 28.6. The number of aryl methyl sites for hydroxylation is 2. The van der Waals surface area contributed by atoms with Crippen LogP contribution in [0.3, 0.4) is 0 Å². The Hall–Kier alpha value is -3.61. The molecule has 1 saturated heterocycles. The fourth-order valence-corrected chi connectivity index (χ4v) is 6.53. The van der Waals surface area contributed by atoms with Crippen LogP contribution in [-0.2, 0) is 11.3 Å². The lowest BCUT2D eigenvalue weighted by molar-refractivity contribution is 0.0988. The summed E-state index contributed by atoms with van der Waals surface area (Å²) in [5, 5.41) is 0. The molecule has 0 unspecified atom stereocenters. The number of ether oxygens (including phenoxy) is 2. The van der Waals surface area contributed by atoms with Crippen LogP contribution in [0.15, 0.2) is 66.7 Å². The van der Waals surface area contributed by atoms with Gasteiger partial charge in [-0.05, 0) is 78.9 Å². The molecule has 0 saturated carbocycles. The average molecular weight is 574 g/mol. The topological polar surface area (TPSA) is 55.8 Å². The van der Waals surface area contributed by atoms with Crippen LogP contribution in [0.2, 0.25) is 4.34 Å². The minimum Gasteiger partial charge on any atom is -0.496 e. The Kier molecular flexibility index (Phi) is 8.02. The second kappa shape index (κ2) is 11.5. The number of amides is 1. The summed E-state index contributed by atoms with van der Waals surface area (Å²) in [5.41, 5.74) is 7.87. The summed E-state index contributed by atoms with van der Waals surface area (Å²) in [6, 6.07) is 21.9. The van der Waals surface area contributed by atoms with E-state index in [4.69, 9.17) is 21.1 Å². The third kappa shape index (κ3) is 5.38. The lowest BCUT2D eigenvalue weighted by Crippen LogP contribution is -2.31. The Labute approximate surface area is 244 Å². The zero-order valence-corrected chi connectivity index (χ0v) is 24.9. The van der Waals surface area contributed by atoms with Crippen molar-refractivity contribution >= 4 is 34.8 Å². The van der Waals surface area contributed by atoms with E-state index < -0.39 is 0 Å². The van der Waals surface area contributed by atoms with Gasteiger partial charge in [0.15, 0.2) is 11.9 Å². The van der Waals surface area contributed by atoms with Gasteiger partial charge in [0, 0.05) is 22.4 Å². The SMILES string of the molecule is CCC(=O)c1ccc(-c2ccc(OC)c(-c3ccc(C)cc3CN3C(=O)O[C@H](c4ccc(Cl)s4)[C@@H]3C)c2)c(C)c1. The molecule has 4 aromatic rings. The number of carbonyl (C=O) groups excluding carboxylic acids is 2. The van der Waals surface area contributed by atoms with E-state index in [9.17, 15) is 9.59 Å². The van der Waals surface area contributed by atoms with Crippen molar-refractivity contribution in [3.8, 4) is 28.0 Å². The van der Waals surface area contributed by atoms with Gasteiger partial charge in [0.1, 0.15) is 5.75 Å². The average Bonchev–Trinajstić information content (AvgIpc) is 3.50. The van der Waals surface area contributed by atoms with E-state index in [1.807, 2.05) is 70.2 Å². The van der Waals surface area contributed by atoms with E-state index in [0.717, 1.165) is 55.1 Å². The number of Topliss-reactive ketones (excluding diaryl/α,β-unsaturated/α-hetero) is 1. The van der Waals surface area contributed by atoms with Gasteiger partial charge < -0.3 is 9.47 Å². The molecule has 1 amide bonds. The molecule has 0 N–H and O–H groups in total. The first kappa shape index (κ1) is 27.9. The smallest absolute Gasteiger partial charge is 0.411 e. The summed E-state index contributed by atoms with van der Waals surface area (Å²) in [4.78, 5) is 28.0. The molecule has 0 spiro atoms. The normalized spacial score (nSPS) is 16.8. The predicted molar refractivity (Wildman–Crippen MR) is 162 cm³/mol. The predicted octanol–water partition coefficient (Wildman–Crippen LogP) is 9.04. The maximum atomic E-state index is 13.0. The standard InChI is InChI=1S/C33H32ClNO4S/c1-6-28(36)23-8-11-25(20(3)16-23)22-9-12-29(38-5)27(17-22)26-10-7-19(2)15-24(26)18-35-21(4)32(39-33(35)37)30-13-14-31(34)40-30/h7-17,21,32H,6,18H2,1-5H3/t21-,32-/m0/s1. The molecule has 40 heavy (non-hydrogen) atoms. The number of benzene rings is 3. The summed E-state index contributed by atoms with van der Waals surface area (Å²) < 4.78 is 12.3. The minimum absolute atomic E-state index is 0.133. The number of carbonyl (C=O) groups is 2. The number of methoxy groups -OCH3 is 1. The Morgan fingerprint density at radius 1 is 1.00 bits per heavy atom. The van der Waals surface area contributed by atoms with Crippen molar-refractivity contribution in [2.75, 3.05) is 7.11 Å². The van der Waals surface area contributed by atoms with Crippen molar-refractivity contribution in [1.29, 1.82) is 0 Å². The van der Waals surface area contributed by atoms with Crippen LogP contribution in [0, 0.1) is 13.8 Å². The molecule has 206 valence electrons. The number of rotatable bonds is 8. The number of halogens is 1. The van der Waals surface area contributed by atoms with Gasteiger partial charge in [-0.2, -0.15) is 0 Å². The molecule has 1 aromatic heterocycles. The molecule has 0 radical (unpaired) electrons. The summed E-state index contributed by atoms with van der Waals surface area (Å²) in [5.74, 6) is 0.876. The Bertz CT molecular complexity index is 1590. The van der Waals surface area contributed by atoms with Crippen LogP contribution in [0.5, 0.6) is 5.75 Å². The molecular formula is C33H32ClNO4S. The fraction of sp³-hybridized carbons (Fsp3) is 0.273. The number of ketones is 1. The second-order valence-electron chi connectivity index (χ2n) is 10.2. The number of thiophene rings is 1. The number of cyclic esters (lactones) is 1. The third-order valence-electron chi connectivity index (χ3n) is 7.54. The van der Waals surface area contributed by atoms with Gasteiger partial charge in [0.25, 0.3) is 0 Å². The van der Waals surface area contributed by atoms with Gasteiger partial charge in [0.05, 0.1) is 24.0 Å². The summed E-state index contributed by atoms with van der Waals surface area (Å²) in [7, 11) is 1.67. The molecule has 1 aliphatic rings. The van der Waals surface area contributed by atoms with Crippen LogP contribution in [0.25, 0.3) is 22.3 Å². The van der Waals surface area contributed by atoms with Crippen molar-refractivity contribution in [3.05, 3.63) is 98.2 Å². The Morgan fingerprint density at radius 2 is 1.77 bits per heavy atom. The van der Waals surface area contributed by atoms with E-state index in [1.54, 1.807) is 12.0 Å². The molecule has 7 heteroatoms. The molecule has 2 atom stereocenters. The highest BCUT2D eigenvalue weighted by Crippen LogP contribution is 2.41.